The second-order valence-electron chi connectivity index (χ2n) is 5.90. The Labute approximate surface area is 114 Å². The quantitative estimate of drug-likeness (QED) is 0.732. The molecule has 3 fully saturated rings. The van der Waals surface area contributed by atoms with Crippen molar-refractivity contribution in [1.29, 1.82) is 0 Å². The first-order valence-electron chi connectivity index (χ1n) is 7.58. The first-order valence-corrected chi connectivity index (χ1v) is 7.58. The molecule has 1 aliphatic carbocycles. The fourth-order valence-electron chi connectivity index (χ4n) is 3.64. The van der Waals surface area contributed by atoms with Crippen LogP contribution in [0.25, 0.3) is 0 Å². The third-order valence-electron chi connectivity index (χ3n) is 4.69. The zero-order valence-corrected chi connectivity index (χ0v) is 11.4. The first kappa shape index (κ1) is 13.1. The van der Waals surface area contributed by atoms with E-state index < -0.39 is 0 Å². The Hall–Kier alpha value is -0.940. The largest absolute Gasteiger partial charge is 0.314 e. The lowest BCUT2D eigenvalue weighted by atomic mass is 9.94. The Morgan fingerprint density at radius 2 is 1.68 bits per heavy atom. The smallest absolute Gasteiger partial charge is 0.247 e. The highest BCUT2D eigenvalue weighted by atomic mass is 16.2. The topological polar surface area (TPSA) is 52.7 Å². The van der Waals surface area contributed by atoms with Gasteiger partial charge in [0.05, 0.1) is 12.5 Å². The molecule has 1 N–H and O–H groups in total. The maximum atomic E-state index is 12.6. The lowest BCUT2D eigenvalue weighted by Crippen LogP contribution is -2.52. The van der Waals surface area contributed by atoms with E-state index in [2.05, 4.69) is 10.2 Å². The number of hydrogen-bond donors (Lipinski definition) is 1. The second-order valence-corrected chi connectivity index (χ2v) is 5.90. The van der Waals surface area contributed by atoms with E-state index in [9.17, 15) is 9.59 Å². The van der Waals surface area contributed by atoms with Gasteiger partial charge in [0.2, 0.25) is 11.8 Å². The third-order valence-corrected chi connectivity index (χ3v) is 4.69. The molecule has 2 aliphatic heterocycles. The van der Waals surface area contributed by atoms with E-state index in [0.29, 0.717) is 6.42 Å². The summed E-state index contributed by atoms with van der Waals surface area (Å²) < 4.78 is 0. The molecule has 0 aromatic carbocycles. The Kier molecular flexibility index (Phi) is 3.84. The predicted molar refractivity (Wildman–Crippen MR) is 71.6 cm³/mol. The summed E-state index contributed by atoms with van der Waals surface area (Å²) in [6.07, 6.45) is 5.96. The number of amides is 2. The van der Waals surface area contributed by atoms with Crippen molar-refractivity contribution in [2.45, 2.75) is 50.6 Å². The third kappa shape index (κ3) is 2.54. The summed E-state index contributed by atoms with van der Waals surface area (Å²) in [6.45, 7) is 3.59. The summed E-state index contributed by atoms with van der Waals surface area (Å²) in [5, 5.41) is 3.29. The van der Waals surface area contributed by atoms with Gasteiger partial charge in [-0.2, -0.15) is 0 Å². The van der Waals surface area contributed by atoms with Crippen LogP contribution in [0.1, 0.15) is 38.5 Å². The van der Waals surface area contributed by atoms with Crippen LogP contribution < -0.4 is 5.32 Å². The van der Waals surface area contributed by atoms with Gasteiger partial charge in [0.1, 0.15) is 0 Å². The maximum Gasteiger partial charge on any atom is 0.247 e. The molecule has 106 valence electrons. The molecule has 1 unspecified atom stereocenters. The van der Waals surface area contributed by atoms with Gasteiger partial charge in [-0.1, -0.05) is 19.3 Å². The zero-order chi connectivity index (χ0) is 13.2. The van der Waals surface area contributed by atoms with Crippen molar-refractivity contribution in [2.75, 3.05) is 26.2 Å². The average molecular weight is 265 g/mol. The van der Waals surface area contributed by atoms with Gasteiger partial charge in [0.15, 0.2) is 0 Å². The first-order chi connectivity index (χ1) is 9.27. The van der Waals surface area contributed by atoms with E-state index in [0.717, 1.165) is 51.9 Å². The van der Waals surface area contributed by atoms with Crippen molar-refractivity contribution in [3.8, 4) is 0 Å². The Bertz CT molecular complexity index is 360. The monoisotopic (exact) mass is 265 g/mol. The van der Waals surface area contributed by atoms with Crippen LogP contribution in [0.4, 0.5) is 0 Å². The number of imide groups is 1. The average Bonchev–Trinajstić information content (AvgIpc) is 2.76. The molecule has 0 aromatic heterocycles. The standard InChI is InChI=1S/C14H23N3O2/c18-13-10-12(16-8-6-15-7-9-16)14(19)17(13)11-4-2-1-3-5-11/h11-12,15H,1-10H2. The highest BCUT2D eigenvalue weighted by Gasteiger charge is 2.44. The van der Waals surface area contributed by atoms with Crippen LogP contribution in [-0.2, 0) is 9.59 Å². The van der Waals surface area contributed by atoms with Crippen LogP contribution in [0, 0.1) is 0 Å². The Balaban J connectivity index is 1.69. The van der Waals surface area contributed by atoms with Crippen molar-refractivity contribution in [3.63, 3.8) is 0 Å². The molecule has 2 amide bonds. The highest BCUT2D eigenvalue weighted by Crippen LogP contribution is 2.29. The molecule has 19 heavy (non-hydrogen) atoms. The predicted octanol–water partition coefficient (Wildman–Crippen LogP) is 0.352. The molecule has 2 saturated heterocycles. The number of hydrogen-bond acceptors (Lipinski definition) is 4. The van der Waals surface area contributed by atoms with Crippen LogP contribution in [0.2, 0.25) is 0 Å². The molecule has 5 nitrogen and oxygen atoms in total. The van der Waals surface area contributed by atoms with E-state index in [-0.39, 0.29) is 23.9 Å². The SMILES string of the molecule is O=C1CC(N2CCNCC2)C(=O)N1C1CCCCC1. The van der Waals surface area contributed by atoms with E-state index >= 15 is 0 Å². The van der Waals surface area contributed by atoms with E-state index in [1.165, 1.54) is 6.42 Å². The van der Waals surface area contributed by atoms with Gasteiger partial charge >= 0.3 is 0 Å². The van der Waals surface area contributed by atoms with Crippen LogP contribution in [0.15, 0.2) is 0 Å². The number of nitrogens with zero attached hydrogens (tertiary/aromatic N) is 2. The minimum Gasteiger partial charge on any atom is -0.314 e. The lowest BCUT2D eigenvalue weighted by Gasteiger charge is -2.33. The normalized spacial score (nSPS) is 31.2. The number of likely N-dealkylation sites (tertiary alicyclic amines) is 1. The molecule has 1 atom stereocenters. The molecular weight excluding hydrogens is 242 g/mol. The molecular formula is C14H23N3O2. The number of carbonyl (C=O) groups is 2. The van der Waals surface area contributed by atoms with E-state index in [1.807, 2.05) is 0 Å². The summed E-state index contributed by atoms with van der Waals surface area (Å²) >= 11 is 0. The Morgan fingerprint density at radius 1 is 1.00 bits per heavy atom. The van der Waals surface area contributed by atoms with Gasteiger partial charge in [-0.15, -0.1) is 0 Å². The lowest BCUT2D eigenvalue weighted by molar-refractivity contribution is -0.143. The number of carbonyl (C=O) groups excluding carboxylic acids is 2. The number of piperazine rings is 1. The second kappa shape index (κ2) is 5.59. The maximum absolute atomic E-state index is 12.6. The number of nitrogens with one attached hydrogen (secondary N) is 1. The molecule has 1 saturated carbocycles. The van der Waals surface area contributed by atoms with Crippen LogP contribution in [0.3, 0.4) is 0 Å². The van der Waals surface area contributed by atoms with Crippen molar-refractivity contribution in [3.05, 3.63) is 0 Å². The molecule has 2 heterocycles. The van der Waals surface area contributed by atoms with Crippen molar-refractivity contribution in [2.24, 2.45) is 0 Å². The highest BCUT2D eigenvalue weighted by molar-refractivity contribution is 6.05. The van der Waals surface area contributed by atoms with Crippen LogP contribution >= 0.6 is 0 Å². The van der Waals surface area contributed by atoms with Gasteiger partial charge in [-0.25, -0.2) is 0 Å². The van der Waals surface area contributed by atoms with E-state index in [1.54, 1.807) is 4.90 Å². The van der Waals surface area contributed by atoms with Crippen LogP contribution in [0.5, 0.6) is 0 Å². The fraction of sp³-hybridized carbons (Fsp3) is 0.857. The minimum atomic E-state index is -0.184. The zero-order valence-electron chi connectivity index (χ0n) is 11.4. The van der Waals surface area contributed by atoms with E-state index in [4.69, 9.17) is 0 Å². The molecule has 0 spiro atoms. The molecule has 3 rings (SSSR count). The summed E-state index contributed by atoms with van der Waals surface area (Å²) in [5.74, 6) is 0.124. The molecule has 0 aromatic rings. The van der Waals surface area contributed by atoms with Gasteiger partial charge in [0, 0.05) is 32.2 Å². The molecule has 0 bridgehead atoms. The molecule has 5 heteroatoms. The molecule has 3 aliphatic rings. The number of rotatable bonds is 2. The van der Waals surface area contributed by atoms with Gasteiger partial charge in [-0.3, -0.25) is 19.4 Å². The summed E-state index contributed by atoms with van der Waals surface area (Å²) in [4.78, 5) is 28.5. The van der Waals surface area contributed by atoms with Crippen molar-refractivity contribution in [1.82, 2.24) is 15.1 Å². The summed E-state index contributed by atoms with van der Waals surface area (Å²) in [5.41, 5.74) is 0. The summed E-state index contributed by atoms with van der Waals surface area (Å²) in [7, 11) is 0. The molecule has 0 radical (unpaired) electrons. The van der Waals surface area contributed by atoms with Crippen LogP contribution in [-0.4, -0.2) is 59.9 Å². The minimum absolute atomic E-state index is 0.0560. The Morgan fingerprint density at radius 3 is 2.37 bits per heavy atom. The van der Waals surface area contributed by atoms with Gasteiger partial charge in [-0.05, 0) is 12.8 Å². The fourth-order valence-corrected chi connectivity index (χ4v) is 3.64. The van der Waals surface area contributed by atoms with Crippen molar-refractivity contribution < 1.29 is 9.59 Å². The summed E-state index contributed by atoms with van der Waals surface area (Å²) in [6, 6.07) is -0.00167. The van der Waals surface area contributed by atoms with Gasteiger partial charge in [0.25, 0.3) is 0 Å². The van der Waals surface area contributed by atoms with Gasteiger partial charge < -0.3 is 5.32 Å². The van der Waals surface area contributed by atoms with Crippen molar-refractivity contribution >= 4 is 11.8 Å².